The van der Waals surface area contributed by atoms with E-state index in [1.807, 2.05) is 0 Å². The number of hydrogen-bond acceptors (Lipinski definition) is 3. The van der Waals surface area contributed by atoms with E-state index in [1.165, 1.54) is 32.2 Å². The molecular weight excluding hydrogens is 281 g/mol. The number of benzene rings is 1. The van der Waals surface area contributed by atoms with Crippen LogP contribution in [-0.2, 0) is 23.1 Å². The van der Waals surface area contributed by atoms with Crippen molar-refractivity contribution >= 4 is 20.9 Å². The van der Waals surface area contributed by atoms with Crippen molar-refractivity contribution in [2.75, 3.05) is 5.75 Å². The molecule has 2 rings (SSSR count). The number of hydrogen-bond donors (Lipinski definition) is 0. The normalized spacial score (nSPS) is 13.1. The third-order valence-corrected chi connectivity index (χ3v) is 4.58. The average molecular weight is 292 g/mol. The van der Waals surface area contributed by atoms with Crippen LogP contribution in [0.4, 0.5) is 13.2 Å². The SMILES string of the molecule is CCS(=O)(=O)c1ccc2nc(C(F)(F)F)n(C)c2c1. The highest BCUT2D eigenvalue weighted by Gasteiger charge is 2.36. The van der Waals surface area contributed by atoms with Gasteiger partial charge >= 0.3 is 6.18 Å². The van der Waals surface area contributed by atoms with Crippen LogP contribution in [0, 0.1) is 0 Å². The number of aryl methyl sites for hydroxylation is 1. The Kier molecular flexibility index (Phi) is 3.08. The molecule has 4 nitrogen and oxygen atoms in total. The molecule has 0 N–H and O–H groups in total. The van der Waals surface area contributed by atoms with E-state index in [0.717, 1.165) is 4.57 Å². The number of aromatic nitrogens is 2. The van der Waals surface area contributed by atoms with Gasteiger partial charge in [0.2, 0.25) is 5.82 Å². The molecule has 0 bridgehead atoms. The van der Waals surface area contributed by atoms with E-state index in [1.54, 1.807) is 0 Å². The van der Waals surface area contributed by atoms with Gasteiger partial charge in [0.05, 0.1) is 21.7 Å². The van der Waals surface area contributed by atoms with Gasteiger partial charge in [0, 0.05) is 7.05 Å². The minimum absolute atomic E-state index is 0.000718. The van der Waals surface area contributed by atoms with Crippen LogP contribution in [0.15, 0.2) is 23.1 Å². The molecular formula is C11H11F3N2O2S. The van der Waals surface area contributed by atoms with E-state index in [0.29, 0.717) is 0 Å². The summed E-state index contributed by atoms with van der Waals surface area (Å²) in [7, 11) is -2.25. The van der Waals surface area contributed by atoms with Crippen LogP contribution in [0.25, 0.3) is 11.0 Å². The van der Waals surface area contributed by atoms with E-state index in [9.17, 15) is 21.6 Å². The number of fused-ring (bicyclic) bond motifs is 1. The van der Waals surface area contributed by atoms with Crippen molar-refractivity contribution < 1.29 is 21.6 Å². The second kappa shape index (κ2) is 4.22. The van der Waals surface area contributed by atoms with Gasteiger partial charge in [-0.1, -0.05) is 6.92 Å². The summed E-state index contributed by atoms with van der Waals surface area (Å²) in [6, 6.07) is 3.78. The lowest BCUT2D eigenvalue weighted by Crippen LogP contribution is -2.12. The van der Waals surface area contributed by atoms with Crippen LogP contribution >= 0.6 is 0 Å². The van der Waals surface area contributed by atoms with Crippen molar-refractivity contribution in [1.82, 2.24) is 9.55 Å². The van der Waals surface area contributed by atoms with Crippen LogP contribution in [0.1, 0.15) is 12.7 Å². The average Bonchev–Trinajstić information content (AvgIpc) is 2.66. The van der Waals surface area contributed by atoms with Crippen LogP contribution < -0.4 is 0 Å². The molecule has 19 heavy (non-hydrogen) atoms. The zero-order valence-electron chi connectivity index (χ0n) is 10.2. The summed E-state index contributed by atoms with van der Waals surface area (Å²) in [4.78, 5) is 3.47. The Balaban J connectivity index is 2.72. The fraction of sp³-hybridized carbons (Fsp3) is 0.364. The predicted molar refractivity (Wildman–Crippen MR) is 63.4 cm³/mol. The largest absolute Gasteiger partial charge is 0.449 e. The smallest absolute Gasteiger partial charge is 0.323 e. The fourth-order valence-corrected chi connectivity index (χ4v) is 2.68. The Labute approximate surface area is 107 Å². The van der Waals surface area contributed by atoms with Gasteiger partial charge in [-0.05, 0) is 18.2 Å². The molecule has 0 aliphatic rings. The maximum atomic E-state index is 12.7. The number of alkyl halides is 3. The molecule has 1 aromatic carbocycles. The molecule has 0 atom stereocenters. The molecule has 0 fully saturated rings. The molecule has 2 aromatic rings. The minimum atomic E-state index is -4.57. The molecule has 0 aliphatic carbocycles. The number of halogens is 3. The minimum Gasteiger partial charge on any atom is -0.323 e. The predicted octanol–water partition coefficient (Wildman–Crippen LogP) is 2.39. The first-order chi connectivity index (χ1) is 8.66. The van der Waals surface area contributed by atoms with E-state index < -0.39 is 21.8 Å². The Morgan fingerprint density at radius 3 is 2.47 bits per heavy atom. The van der Waals surface area contributed by atoms with Gasteiger partial charge in [-0.15, -0.1) is 0 Å². The Hall–Kier alpha value is -1.57. The standard InChI is InChI=1S/C11H11F3N2O2S/c1-3-19(17,18)7-4-5-8-9(6-7)16(2)10(15-8)11(12,13)14/h4-6H,3H2,1-2H3. The number of sulfone groups is 1. The quantitative estimate of drug-likeness (QED) is 0.854. The van der Waals surface area contributed by atoms with Crippen molar-refractivity contribution in [2.24, 2.45) is 7.05 Å². The van der Waals surface area contributed by atoms with Crippen molar-refractivity contribution in [2.45, 2.75) is 18.0 Å². The van der Waals surface area contributed by atoms with E-state index >= 15 is 0 Å². The maximum Gasteiger partial charge on any atom is 0.449 e. The van der Waals surface area contributed by atoms with Gasteiger partial charge in [0.25, 0.3) is 0 Å². The van der Waals surface area contributed by atoms with Gasteiger partial charge in [-0.3, -0.25) is 0 Å². The van der Waals surface area contributed by atoms with Gasteiger partial charge < -0.3 is 4.57 Å². The Morgan fingerprint density at radius 2 is 1.95 bits per heavy atom. The molecule has 1 heterocycles. The summed E-state index contributed by atoms with van der Waals surface area (Å²) in [5, 5.41) is 0. The van der Waals surface area contributed by atoms with Crippen LogP contribution in [0.5, 0.6) is 0 Å². The van der Waals surface area contributed by atoms with Gasteiger partial charge in [-0.25, -0.2) is 13.4 Å². The van der Waals surface area contributed by atoms with Crippen LogP contribution in [0.2, 0.25) is 0 Å². The summed E-state index contributed by atoms with van der Waals surface area (Å²) in [6.07, 6.45) is -4.57. The third kappa shape index (κ3) is 2.32. The van der Waals surface area contributed by atoms with Crippen molar-refractivity contribution in [3.63, 3.8) is 0 Å². The summed E-state index contributed by atoms with van der Waals surface area (Å²) in [6.45, 7) is 1.48. The molecule has 104 valence electrons. The number of nitrogens with zero attached hydrogens (tertiary/aromatic N) is 2. The van der Waals surface area contributed by atoms with Crippen molar-refractivity contribution in [1.29, 1.82) is 0 Å². The molecule has 1 aromatic heterocycles. The Bertz CT molecular complexity index is 732. The molecule has 0 saturated carbocycles. The van der Waals surface area contributed by atoms with Gasteiger partial charge in [0.1, 0.15) is 0 Å². The monoisotopic (exact) mass is 292 g/mol. The topological polar surface area (TPSA) is 52.0 Å². The lowest BCUT2D eigenvalue weighted by atomic mass is 10.3. The molecule has 0 aliphatic heterocycles. The highest BCUT2D eigenvalue weighted by atomic mass is 32.2. The van der Waals surface area contributed by atoms with Crippen LogP contribution in [-0.4, -0.2) is 23.7 Å². The molecule has 0 saturated heterocycles. The van der Waals surface area contributed by atoms with Crippen molar-refractivity contribution in [3.05, 3.63) is 24.0 Å². The summed E-state index contributed by atoms with van der Waals surface area (Å²) < 4.78 is 62.3. The summed E-state index contributed by atoms with van der Waals surface area (Å²) in [5.41, 5.74) is 0.256. The second-order valence-corrected chi connectivity index (χ2v) is 6.32. The van der Waals surface area contributed by atoms with E-state index in [-0.39, 0.29) is 21.7 Å². The number of imidazole rings is 1. The fourth-order valence-electron chi connectivity index (χ4n) is 1.78. The first-order valence-corrected chi connectivity index (χ1v) is 7.08. The lowest BCUT2D eigenvalue weighted by molar-refractivity contribution is -0.146. The molecule has 0 unspecified atom stereocenters. The van der Waals surface area contributed by atoms with Crippen LogP contribution in [0.3, 0.4) is 0 Å². The first-order valence-electron chi connectivity index (χ1n) is 5.43. The molecule has 0 radical (unpaired) electrons. The lowest BCUT2D eigenvalue weighted by Gasteiger charge is -2.06. The van der Waals surface area contributed by atoms with E-state index in [2.05, 4.69) is 4.98 Å². The molecule has 0 amide bonds. The molecule has 8 heteroatoms. The summed E-state index contributed by atoms with van der Waals surface area (Å²) in [5.74, 6) is -1.16. The molecule has 0 spiro atoms. The Morgan fingerprint density at radius 1 is 1.32 bits per heavy atom. The second-order valence-electron chi connectivity index (χ2n) is 4.05. The van der Waals surface area contributed by atoms with Crippen molar-refractivity contribution in [3.8, 4) is 0 Å². The van der Waals surface area contributed by atoms with Gasteiger partial charge in [-0.2, -0.15) is 13.2 Å². The van der Waals surface area contributed by atoms with E-state index in [4.69, 9.17) is 0 Å². The van der Waals surface area contributed by atoms with Gasteiger partial charge in [0.15, 0.2) is 9.84 Å². The zero-order valence-corrected chi connectivity index (χ0v) is 11.0. The maximum absolute atomic E-state index is 12.7. The zero-order chi connectivity index (χ0) is 14.4. The first kappa shape index (κ1) is 13.9. The highest BCUT2D eigenvalue weighted by molar-refractivity contribution is 7.91. The number of rotatable bonds is 2. The summed E-state index contributed by atoms with van der Waals surface area (Å²) >= 11 is 0. The third-order valence-electron chi connectivity index (χ3n) is 2.84. The highest BCUT2D eigenvalue weighted by Crippen LogP contribution is 2.31.